The summed E-state index contributed by atoms with van der Waals surface area (Å²) in [5, 5.41) is 0. The molecule has 0 amide bonds. The summed E-state index contributed by atoms with van der Waals surface area (Å²) in [6, 6.07) is 7.12. The Kier molecular flexibility index (Phi) is 5.67. The van der Waals surface area contributed by atoms with E-state index >= 15 is 0 Å². The zero-order chi connectivity index (χ0) is 15.3. The summed E-state index contributed by atoms with van der Waals surface area (Å²) in [6.45, 7) is 3.72. The van der Waals surface area contributed by atoms with Gasteiger partial charge in [0.2, 0.25) is 0 Å². The molecule has 0 saturated heterocycles. The average molecular weight is 300 g/mol. The zero-order valence-electron chi connectivity index (χ0n) is 12.1. The van der Waals surface area contributed by atoms with Crippen LogP contribution in [0.3, 0.4) is 0 Å². The highest BCUT2D eigenvalue weighted by atomic mass is 32.2. The van der Waals surface area contributed by atoms with Gasteiger partial charge in [0.25, 0.3) is 10.2 Å². The van der Waals surface area contributed by atoms with Gasteiger partial charge in [0, 0.05) is 14.1 Å². The molecule has 0 saturated carbocycles. The first-order valence-corrected chi connectivity index (χ1v) is 7.64. The number of carbonyl (C=O) groups is 1. The van der Waals surface area contributed by atoms with E-state index in [9.17, 15) is 13.2 Å². The fraction of sp³-hybridized carbons (Fsp3) is 0.462. The maximum Gasteiger partial charge on any atom is 0.326 e. The zero-order valence-corrected chi connectivity index (χ0v) is 12.9. The summed E-state index contributed by atoms with van der Waals surface area (Å²) >= 11 is 0. The molecule has 1 N–H and O–H groups in total. The van der Waals surface area contributed by atoms with E-state index in [1.165, 1.54) is 14.1 Å². The van der Waals surface area contributed by atoms with Crippen molar-refractivity contribution in [3.63, 3.8) is 0 Å². The Hall–Kier alpha value is -1.44. The van der Waals surface area contributed by atoms with Crippen LogP contribution in [0.1, 0.15) is 25.3 Å². The molecule has 0 aliphatic heterocycles. The van der Waals surface area contributed by atoms with Gasteiger partial charge in [0.05, 0.1) is 0 Å². The van der Waals surface area contributed by atoms with E-state index in [4.69, 9.17) is 4.74 Å². The number of benzene rings is 1. The second kappa shape index (κ2) is 6.83. The number of hydrogen-bond donors (Lipinski definition) is 1. The van der Waals surface area contributed by atoms with Crippen LogP contribution in [0.2, 0.25) is 0 Å². The summed E-state index contributed by atoms with van der Waals surface area (Å²) in [4.78, 5) is 11.5. The summed E-state index contributed by atoms with van der Waals surface area (Å²) in [7, 11) is -0.874. The van der Waals surface area contributed by atoms with E-state index in [-0.39, 0.29) is 0 Å². The van der Waals surface area contributed by atoms with E-state index in [1.807, 2.05) is 12.1 Å². The molecule has 7 heteroatoms. The molecule has 0 heterocycles. The van der Waals surface area contributed by atoms with Crippen molar-refractivity contribution < 1.29 is 17.9 Å². The molecule has 0 bridgehead atoms. The second-order valence-corrected chi connectivity index (χ2v) is 6.78. The molecule has 6 nitrogen and oxygen atoms in total. The Balaban J connectivity index is 2.55. The first-order valence-electron chi connectivity index (χ1n) is 6.20. The first-order chi connectivity index (χ1) is 9.22. The normalized spacial score (nSPS) is 11.9. The van der Waals surface area contributed by atoms with E-state index in [1.54, 1.807) is 12.1 Å². The topological polar surface area (TPSA) is 75.7 Å². The minimum Gasteiger partial charge on any atom is -0.426 e. The molecular weight excluding hydrogens is 280 g/mol. The average Bonchev–Trinajstić information content (AvgIpc) is 2.37. The fourth-order valence-electron chi connectivity index (χ4n) is 1.37. The maximum atomic E-state index is 11.5. The smallest absolute Gasteiger partial charge is 0.326 e. The van der Waals surface area contributed by atoms with Crippen LogP contribution in [0.5, 0.6) is 5.75 Å². The third-order valence-electron chi connectivity index (χ3n) is 2.66. The lowest BCUT2D eigenvalue weighted by Crippen LogP contribution is -2.39. The summed E-state index contributed by atoms with van der Waals surface area (Å²) in [6.07, 6.45) is 0. The van der Waals surface area contributed by atoms with Crippen LogP contribution >= 0.6 is 0 Å². The van der Waals surface area contributed by atoms with Crippen LogP contribution in [0, 0.1) is 0 Å². The van der Waals surface area contributed by atoms with Gasteiger partial charge in [0.15, 0.2) is 0 Å². The molecule has 20 heavy (non-hydrogen) atoms. The number of ether oxygens (including phenoxy) is 1. The van der Waals surface area contributed by atoms with Crippen molar-refractivity contribution in [2.75, 3.05) is 20.6 Å². The van der Waals surface area contributed by atoms with Gasteiger partial charge in [-0.25, -0.2) is 0 Å². The fourth-order valence-corrected chi connectivity index (χ4v) is 1.93. The standard InChI is InChI=1S/C13H20N2O4S/c1-10(2)11-5-7-12(8-6-11)19-13(16)9-14-20(17,18)15(3)4/h5-8,10,14H,9H2,1-4H3. The second-order valence-electron chi connectivity index (χ2n) is 4.81. The monoisotopic (exact) mass is 300 g/mol. The van der Waals surface area contributed by atoms with Gasteiger partial charge >= 0.3 is 5.97 Å². The molecule has 0 unspecified atom stereocenters. The molecule has 0 fully saturated rings. The molecule has 0 radical (unpaired) electrons. The highest BCUT2D eigenvalue weighted by Gasteiger charge is 2.15. The number of nitrogens with one attached hydrogen (secondary N) is 1. The van der Waals surface area contributed by atoms with Crippen molar-refractivity contribution in [2.45, 2.75) is 19.8 Å². The third kappa shape index (κ3) is 4.92. The SMILES string of the molecule is CC(C)c1ccc(OC(=O)CNS(=O)(=O)N(C)C)cc1. The lowest BCUT2D eigenvalue weighted by Gasteiger charge is -2.12. The molecule has 112 valence electrons. The molecule has 1 aromatic carbocycles. The van der Waals surface area contributed by atoms with Crippen LogP contribution in [-0.2, 0) is 15.0 Å². The molecular formula is C13H20N2O4S. The number of nitrogens with zero attached hydrogens (tertiary/aromatic N) is 1. The Morgan fingerprint density at radius 3 is 2.25 bits per heavy atom. The Morgan fingerprint density at radius 1 is 1.25 bits per heavy atom. The van der Waals surface area contributed by atoms with Crippen molar-refractivity contribution >= 4 is 16.2 Å². The summed E-state index contributed by atoms with van der Waals surface area (Å²) in [5.41, 5.74) is 1.14. The van der Waals surface area contributed by atoms with E-state index in [0.29, 0.717) is 11.7 Å². The lowest BCUT2D eigenvalue weighted by atomic mass is 10.0. The van der Waals surface area contributed by atoms with Gasteiger partial charge in [-0.1, -0.05) is 26.0 Å². The number of rotatable bonds is 6. The van der Waals surface area contributed by atoms with Crippen LogP contribution in [0.15, 0.2) is 24.3 Å². The van der Waals surface area contributed by atoms with Gasteiger partial charge in [0.1, 0.15) is 12.3 Å². The van der Waals surface area contributed by atoms with Gasteiger partial charge in [-0.2, -0.15) is 17.4 Å². The number of esters is 1. The molecule has 0 atom stereocenters. The quantitative estimate of drug-likeness (QED) is 0.631. The van der Waals surface area contributed by atoms with Gasteiger partial charge in [-0.05, 0) is 23.6 Å². The van der Waals surface area contributed by atoms with Crippen molar-refractivity contribution in [2.24, 2.45) is 0 Å². The predicted octanol–water partition coefficient (Wildman–Crippen LogP) is 1.11. The minimum atomic E-state index is -3.62. The van der Waals surface area contributed by atoms with Crippen LogP contribution in [-0.4, -0.2) is 39.3 Å². The molecule has 0 aromatic heterocycles. The third-order valence-corrected chi connectivity index (χ3v) is 4.13. The van der Waals surface area contributed by atoms with Crippen molar-refractivity contribution in [1.82, 2.24) is 9.03 Å². The van der Waals surface area contributed by atoms with Crippen molar-refractivity contribution in [1.29, 1.82) is 0 Å². The van der Waals surface area contributed by atoms with Crippen molar-refractivity contribution in [3.8, 4) is 5.75 Å². The maximum absolute atomic E-state index is 11.5. The molecule has 0 aliphatic rings. The highest BCUT2D eigenvalue weighted by molar-refractivity contribution is 7.87. The summed E-state index contributed by atoms with van der Waals surface area (Å²) in [5.74, 6) is 0.128. The van der Waals surface area contributed by atoms with E-state index in [2.05, 4.69) is 18.6 Å². The van der Waals surface area contributed by atoms with Crippen molar-refractivity contribution in [3.05, 3.63) is 29.8 Å². The van der Waals surface area contributed by atoms with Crippen LogP contribution in [0.25, 0.3) is 0 Å². The number of carbonyl (C=O) groups excluding carboxylic acids is 1. The molecule has 1 aromatic rings. The minimum absolute atomic E-state index is 0.392. The van der Waals surface area contributed by atoms with E-state index in [0.717, 1.165) is 9.87 Å². The summed E-state index contributed by atoms with van der Waals surface area (Å²) < 4.78 is 31.0. The molecule has 1 rings (SSSR count). The molecule has 0 spiro atoms. The Labute approximate surface area is 119 Å². The lowest BCUT2D eigenvalue weighted by molar-refractivity contribution is -0.133. The Bertz CT molecular complexity index is 550. The Morgan fingerprint density at radius 2 is 1.80 bits per heavy atom. The van der Waals surface area contributed by atoms with E-state index < -0.39 is 22.7 Å². The predicted molar refractivity (Wildman–Crippen MR) is 76.8 cm³/mol. The van der Waals surface area contributed by atoms with Gasteiger partial charge in [-0.15, -0.1) is 0 Å². The molecule has 0 aliphatic carbocycles. The first kappa shape index (κ1) is 16.6. The number of hydrogen-bond acceptors (Lipinski definition) is 4. The van der Waals surface area contributed by atoms with Crippen LogP contribution in [0.4, 0.5) is 0 Å². The largest absolute Gasteiger partial charge is 0.426 e. The van der Waals surface area contributed by atoms with Gasteiger partial charge < -0.3 is 4.74 Å². The van der Waals surface area contributed by atoms with Crippen LogP contribution < -0.4 is 9.46 Å². The highest BCUT2D eigenvalue weighted by Crippen LogP contribution is 2.18. The van der Waals surface area contributed by atoms with Gasteiger partial charge in [-0.3, -0.25) is 4.79 Å².